The van der Waals surface area contributed by atoms with Gasteiger partial charge in [0.15, 0.2) is 0 Å². The van der Waals surface area contributed by atoms with E-state index in [0.717, 1.165) is 17.3 Å². The van der Waals surface area contributed by atoms with Gasteiger partial charge in [-0.1, -0.05) is 31.9 Å². The Hall–Kier alpha value is -1.02. The third-order valence-electron chi connectivity index (χ3n) is 4.06. The molecule has 2 aromatic rings. The zero-order valence-electron chi connectivity index (χ0n) is 10.8. The lowest BCUT2D eigenvalue weighted by atomic mass is 9.87. The lowest BCUT2D eigenvalue weighted by Gasteiger charge is -2.29. The van der Waals surface area contributed by atoms with Gasteiger partial charge in [0, 0.05) is 6.04 Å². The number of alkyl halides is 1. The number of fused-ring (bicyclic) bond motifs is 1. The maximum Gasteiger partial charge on any atom is 0.125 e. The molecule has 2 nitrogen and oxygen atoms in total. The van der Waals surface area contributed by atoms with Gasteiger partial charge in [0.2, 0.25) is 0 Å². The van der Waals surface area contributed by atoms with E-state index in [2.05, 4.69) is 34.7 Å². The normalized spacial score (nSPS) is 24.6. The summed E-state index contributed by atoms with van der Waals surface area (Å²) in [4.78, 5) is 4.66. The highest BCUT2D eigenvalue weighted by Crippen LogP contribution is 2.35. The summed E-state index contributed by atoms with van der Waals surface area (Å²) >= 11 is 6.08. The number of nitrogens with zero attached hydrogens (tertiary/aromatic N) is 2. The van der Waals surface area contributed by atoms with E-state index in [1.165, 1.54) is 31.2 Å². The first-order valence-electron chi connectivity index (χ1n) is 6.81. The Morgan fingerprint density at radius 3 is 2.94 bits per heavy atom. The fraction of sp³-hybridized carbons (Fsp3) is 0.533. The summed E-state index contributed by atoms with van der Waals surface area (Å²) in [5.41, 5.74) is 2.32. The lowest BCUT2D eigenvalue weighted by Crippen LogP contribution is -2.19. The van der Waals surface area contributed by atoms with E-state index >= 15 is 0 Å². The smallest absolute Gasteiger partial charge is 0.125 e. The summed E-state index contributed by atoms with van der Waals surface area (Å²) in [5.74, 6) is 2.34. The van der Waals surface area contributed by atoms with Crippen molar-refractivity contribution < 1.29 is 0 Å². The highest BCUT2D eigenvalue weighted by Gasteiger charge is 2.23. The number of imidazole rings is 1. The van der Waals surface area contributed by atoms with Crippen molar-refractivity contribution in [2.45, 2.75) is 44.5 Å². The Bertz CT molecular complexity index is 546. The molecule has 0 saturated heterocycles. The van der Waals surface area contributed by atoms with Crippen LogP contribution in [0.1, 0.15) is 44.5 Å². The SMILES string of the molecule is CC1CCCC(n2c(CCl)nc3ccccc32)C1. The Labute approximate surface area is 113 Å². The third-order valence-corrected chi connectivity index (χ3v) is 4.30. The van der Waals surface area contributed by atoms with Crippen LogP contribution in [0.2, 0.25) is 0 Å². The van der Waals surface area contributed by atoms with Gasteiger partial charge in [-0.3, -0.25) is 0 Å². The average molecular weight is 263 g/mol. The van der Waals surface area contributed by atoms with E-state index in [1.54, 1.807) is 0 Å². The minimum atomic E-state index is 0.500. The van der Waals surface area contributed by atoms with E-state index in [0.29, 0.717) is 11.9 Å². The van der Waals surface area contributed by atoms with Crippen molar-refractivity contribution in [3.8, 4) is 0 Å². The van der Waals surface area contributed by atoms with Crippen molar-refractivity contribution >= 4 is 22.6 Å². The maximum atomic E-state index is 6.08. The van der Waals surface area contributed by atoms with Crippen LogP contribution in [0.5, 0.6) is 0 Å². The molecule has 0 aliphatic heterocycles. The highest BCUT2D eigenvalue weighted by atomic mass is 35.5. The van der Waals surface area contributed by atoms with Gasteiger partial charge in [0.25, 0.3) is 0 Å². The second-order valence-corrected chi connectivity index (χ2v) is 5.71. The number of aromatic nitrogens is 2. The molecule has 1 aliphatic carbocycles. The number of halogens is 1. The highest BCUT2D eigenvalue weighted by molar-refractivity contribution is 6.16. The molecule has 0 radical (unpaired) electrons. The molecule has 3 rings (SSSR count). The van der Waals surface area contributed by atoms with Gasteiger partial charge in [-0.25, -0.2) is 4.98 Å². The van der Waals surface area contributed by atoms with Crippen molar-refractivity contribution in [2.75, 3.05) is 0 Å². The molecule has 2 atom stereocenters. The Balaban J connectivity index is 2.08. The molecule has 1 aliphatic rings. The largest absolute Gasteiger partial charge is 0.324 e. The average Bonchev–Trinajstić information content (AvgIpc) is 2.77. The second-order valence-electron chi connectivity index (χ2n) is 5.45. The van der Waals surface area contributed by atoms with Crippen molar-refractivity contribution in [1.29, 1.82) is 0 Å². The Morgan fingerprint density at radius 2 is 2.17 bits per heavy atom. The summed E-state index contributed by atoms with van der Waals surface area (Å²) in [7, 11) is 0. The predicted molar refractivity (Wildman–Crippen MR) is 76.0 cm³/mol. The first-order chi connectivity index (χ1) is 8.79. The zero-order valence-corrected chi connectivity index (χ0v) is 11.5. The van der Waals surface area contributed by atoms with E-state index in [1.807, 2.05) is 6.07 Å². The molecule has 1 fully saturated rings. The number of hydrogen-bond donors (Lipinski definition) is 0. The molecule has 1 aromatic carbocycles. The van der Waals surface area contributed by atoms with Gasteiger partial charge in [-0.15, -0.1) is 11.6 Å². The van der Waals surface area contributed by atoms with Crippen LogP contribution in [-0.4, -0.2) is 9.55 Å². The topological polar surface area (TPSA) is 17.8 Å². The Morgan fingerprint density at radius 1 is 1.33 bits per heavy atom. The summed E-state index contributed by atoms with van der Waals surface area (Å²) in [6.45, 7) is 2.35. The van der Waals surface area contributed by atoms with Crippen LogP contribution in [0.4, 0.5) is 0 Å². The van der Waals surface area contributed by atoms with Crippen LogP contribution in [0.15, 0.2) is 24.3 Å². The van der Waals surface area contributed by atoms with Crippen molar-refractivity contribution in [3.05, 3.63) is 30.1 Å². The van der Waals surface area contributed by atoms with Gasteiger partial charge >= 0.3 is 0 Å². The number of para-hydroxylation sites is 2. The Kier molecular flexibility index (Phi) is 3.29. The van der Waals surface area contributed by atoms with Crippen LogP contribution in [0, 0.1) is 5.92 Å². The van der Waals surface area contributed by atoms with Gasteiger partial charge in [-0.2, -0.15) is 0 Å². The summed E-state index contributed by atoms with van der Waals surface area (Å²) < 4.78 is 2.39. The summed E-state index contributed by atoms with van der Waals surface area (Å²) in [6, 6.07) is 8.95. The fourth-order valence-corrected chi connectivity index (χ4v) is 3.42. The van der Waals surface area contributed by atoms with Crippen molar-refractivity contribution in [3.63, 3.8) is 0 Å². The summed E-state index contributed by atoms with van der Waals surface area (Å²) in [5, 5.41) is 0. The number of benzene rings is 1. The van der Waals surface area contributed by atoms with Crippen LogP contribution >= 0.6 is 11.6 Å². The molecule has 1 saturated carbocycles. The van der Waals surface area contributed by atoms with Crippen LogP contribution < -0.4 is 0 Å². The van der Waals surface area contributed by atoms with E-state index in [4.69, 9.17) is 11.6 Å². The van der Waals surface area contributed by atoms with Crippen LogP contribution in [-0.2, 0) is 5.88 Å². The molecule has 3 heteroatoms. The molecule has 96 valence electrons. The van der Waals surface area contributed by atoms with E-state index < -0.39 is 0 Å². The van der Waals surface area contributed by atoms with Crippen molar-refractivity contribution in [2.24, 2.45) is 5.92 Å². The fourth-order valence-electron chi connectivity index (χ4n) is 3.23. The number of hydrogen-bond acceptors (Lipinski definition) is 1. The van der Waals surface area contributed by atoms with E-state index in [-0.39, 0.29) is 0 Å². The molecule has 2 unspecified atom stereocenters. The van der Waals surface area contributed by atoms with Gasteiger partial charge in [0.1, 0.15) is 5.82 Å². The van der Waals surface area contributed by atoms with E-state index in [9.17, 15) is 0 Å². The minimum absolute atomic E-state index is 0.500. The zero-order chi connectivity index (χ0) is 12.5. The molecule has 0 spiro atoms. The van der Waals surface area contributed by atoms with Crippen molar-refractivity contribution in [1.82, 2.24) is 9.55 Å². The second kappa shape index (κ2) is 4.93. The lowest BCUT2D eigenvalue weighted by molar-refractivity contribution is 0.283. The standard InChI is InChI=1S/C15H19ClN2/c1-11-5-4-6-12(9-11)18-14-8-3-2-7-13(14)17-15(18)10-16/h2-3,7-8,11-12H,4-6,9-10H2,1H3. The predicted octanol–water partition coefficient (Wildman–Crippen LogP) is 4.53. The minimum Gasteiger partial charge on any atom is -0.324 e. The molecular formula is C15H19ClN2. The molecular weight excluding hydrogens is 244 g/mol. The third kappa shape index (κ3) is 2.03. The summed E-state index contributed by atoms with van der Waals surface area (Å²) in [6.07, 6.45) is 5.19. The van der Waals surface area contributed by atoms with Crippen LogP contribution in [0.25, 0.3) is 11.0 Å². The monoisotopic (exact) mass is 262 g/mol. The van der Waals surface area contributed by atoms with Crippen LogP contribution in [0.3, 0.4) is 0 Å². The quantitative estimate of drug-likeness (QED) is 0.728. The van der Waals surface area contributed by atoms with Gasteiger partial charge in [0.05, 0.1) is 16.9 Å². The molecule has 0 amide bonds. The first-order valence-corrected chi connectivity index (χ1v) is 7.35. The first kappa shape index (κ1) is 12.0. The van der Waals surface area contributed by atoms with Gasteiger partial charge in [-0.05, 0) is 30.9 Å². The molecule has 0 N–H and O–H groups in total. The number of rotatable bonds is 2. The maximum absolute atomic E-state index is 6.08. The molecule has 18 heavy (non-hydrogen) atoms. The molecule has 1 aromatic heterocycles. The molecule has 0 bridgehead atoms. The molecule has 1 heterocycles. The van der Waals surface area contributed by atoms with Gasteiger partial charge < -0.3 is 4.57 Å².